The molecule has 4 nitrogen and oxygen atoms in total. The summed E-state index contributed by atoms with van der Waals surface area (Å²) in [4.78, 5) is 18.0. The van der Waals surface area contributed by atoms with Crippen molar-refractivity contribution in [1.82, 2.24) is 9.55 Å². The number of hydrogen-bond acceptors (Lipinski definition) is 3. The molecule has 0 N–H and O–H groups in total. The van der Waals surface area contributed by atoms with E-state index in [4.69, 9.17) is 9.72 Å². The Labute approximate surface area is 174 Å². The Kier molecular flexibility index (Phi) is 4.32. The number of ether oxygens (including phenoxy) is 1. The first-order chi connectivity index (χ1) is 14.7. The molecule has 0 amide bonds. The normalized spacial score (nSPS) is 11.1. The van der Waals surface area contributed by atoms with Crippen LogP contribution >= 0.6 is 0 Å². The van der Waals surface area contributed by atoms with Crippen molar-refractivity contribution in [3.05, 3.63) is 96.2 Å². The molecule has 5 aromatic rings. The van der Waals surface area contributed by atoms with Crippen LogP contribution < -0.4 is 0 Å². The zero-order valence-electron chi connectivity index (χ0n) is 16.8. The quantitative estimate of drug-likeness (QED) is 0.357. The maximum atomic E-state index is 12.9. The van der Waals surface area contributed by atoms with Crippen molar-refractivity contribution in [2.24, 2.45) is 0 Å². The number of esters is 1. The second-order valence-corrected chi connectivity index (χ2v) is 7.19. The minimum Gasteiger partial charge on any atom is -0.465 e. The Balaban J connectivity index is 2.06. The SMILES string of the molecule is COC(=O)c1c(C)n(-c2ccccc2)c2c(-c3ccccc3)nc3ccccc3c12. The van der Waals surface area contributed by atoms with Crippen LogP contribution in [0, 0.1) is 6.92 Å². The molecule has 2 heterocycles. The summed E-state index contributed by atoms with van der Waals surface area (Å²) < 4.78 is 7.31. The number of benzene rings is 3. The number of nitrogens with zero attached hydrogens (tertiary/aromatic N) is 2. The van der Waals surface area contributed by atoms with E-state index in [0.717, 1.165) is 44.4 Å². The summed E-state index contributed by atoms with van der Waals surface area (Å²) in [5.41, 5.74) is 5.98. The molecular formula is C26H20N2O2. The predicted octanol–water partition coefficient (Wildman–Crippen LogP) is 5.94. The Bertz CT molecular complexity index is 1390. The number of carbonyl (C=O) groups excluding carboxylic acids is 1. The van der Waals surface area contributed by atoms with Gasteiger partial charge in [-0.1, -0.05) is 66.7 Å². The highest BCUT2D eigenvalue weighted by molar-refractivity contribution is 6.19. The Hall–Kier alpha value is -3.92. The van der Waals surface area contributed by atoms with Crippen LogP contribution in [0.5, 0.6) is 0 Å². The highest BCUT2D eigenvalue weighted by atomic mass is 16.5. The van der Waals surface area contributed by atoms with Crippen LogP contribution in [0.1, 0.15) is 16.1 Å². The topological polar surface area (TPSA) is 44.1 Å². The van der Waals surface area contributed by atoms with E-state index in [2.05, 4.69) is 4.57 Å². The van der Waals surface area contributed by atoms with Crippen LogP contribution in [0.4, 0.5) is 0 Å². The monoisotopic (exact) mass is 392 g/mol. The molecule has 0 atom stereocenters. The van der Waals surface area contributed by atoms with Gasteiger partial charge in [0.25, 0.3) is 0 Å². The van der Waals surface area contributed by atoms with Gasteiger partial charge in [-0.2, -0.15) is 0 Å². The van der Waals surface area contributed by atoms with E-state index in [1.807, 2.05) is 91.9 Å². The predicted molar refractivity (Wildman–Crippen MR) is 120 cm³/mol. The molecule has 0 bridgehead atoms. The third-order valence-corrected chi connectivity index (χ3v) is 5.49. The van der Waals surface area contributed by atoms with Gasteiger partial charge in [-0.15, -0.1) is 0 Å². The third kappa shape index (κ3) is 2.69. The fourth-order valence-corrected chi connectivity index (χ4v) is 4.18. The zero-order chi connectivity index (χ0) is 20.7. The van der Waals surface area contributed by atoms with Gasteiger partial charge in [-0.05, 0) is 25.1 Å². The minimum atomic E-state index is -0.345. The van der Waals surface area contributed by atoms with E-state index >= 15 is 0 Å². The average molecular weight is 392 g/mol. The summed E-state index contributed by atoms with van der Waals surface area (Å²) in [5.74, 6) is -0.345. The molecule has 0 aliphatic rings. The van der Waals surface area contributed by atoms with Crippen LogP contribution in [0.25, 0.3) is 38.8 Å². The fraction of sp³-hybridized carbons (Fsp3) is 0.0769. The lowest BCUT2D eigenvalue weighted by Gasteiger charge is -2.13. The molecule has 5 rings (SSSR count). The van der Waals surface area contributed by atoms with Crippen LogP contribution in [0.15, 0.2) is 84.9 Å². The summed E-state index contributed by atoms with van der Waals surface area (Å²) in [6.45, 7) is 1.96. The van der Waals surface area contributed by atoms with E-state index in [0.29, 0.717) is 5.56 Å². The van der Waals surface area contributed by atoms with Crippen molar-refractivity contribution >= 4 is 27.8 Å². The van der Waals surface area contributed by atoms with Crippen molar-refractivity contribution in [1.29, 1.82) is 0 Å². The number of fused-ring (bicyclic) bond motifs is 3. The van der Waals surface area contributed by atoms with Crippen LogP contribution in [-0.2, 0) is 4.74 Å². The van der Waals surface area contributed by atoms with E-state index in [-0.39, 0.29) is 5.97 Å². The second kappa shape index (κ2) is 7.16. The van der Waals surface area contributed by atoms with Crippen molar-refractivity contribution in [2.75, 3.05) is 7.11 Å². The highest BCUT2D eigenvalue weighted by Gasteiger charge is 2.26. The van der Waals surface area contributed by atoms with Gasteiger partial charge in [-0.25, -0.2) is 9.78 Å². The molecule has 0 aliphatic carbocycles. The first kappa shape index (κ1) is 18.1. The van der Waals surface area contributed by atoms with Gasteiger partial charge in [0.05, 0.1) is 29.4 Å². The molecule has 146 valence electrons. The molecule has 30 heavy (non-hydrogen) atoms. The van der Waals surface area contributed by atoms with E-state index in [1.54, 1.807) is 0 Å². The zero-order valence-corrected chi connectivity index (χ0v) is 16.8. The van der Waals surface area contributed by atoms with E-state index in [1.165, 1.54) is 7.11 Å². The molecule has 2 aromatic heterocycles. The molecule has 0 spiro atoms. The number of para-hydroxylation sites is 2. The summed E-state index contributed by atoms with van der Waals surface area (Å²) in [7, 11) is 1.43. The van der Waals surface area contributed by atoms with Gasteiger partial charge < -0.3 is 9.30 Å². The Morgan fingerprint density at radius 1 is 0.867 bits per heavy atom. The van der Waals surface area contributed by atoms with Gasteiger partial charge in [0.1, 0.15) is 0 Å². The lowest BCUT2D eigenvalue weighted by Crippen LogP contribution is -2.04. The minimum absolute atomic E-state index is 0.345. The molecule has 3 aromatic carbocycles. The molecule has 4 heteroatoms. The summed E-state index contributed by atoms with van der Waals surface area (Å²) >= 11 is 0. The highest BCUT2D eigenvalue weighted by Crippen LogP contribution is 2.39. The fourth-order valence-electron chi connectivity index (χ4n) is 4.18. The van der Waals surface area contributed by atoms with Crippen molar-refractivity contribution < 1.29 is 9.53 Å². The Morgan fingerprint density at radius 3 is 2.20 bits per heavy atom. The molecule has 0 fully saturated rings. The van der Waals surface area contributed by atoms with Crippen LogP contribution in [-0.4, -0.2) is 22.6 Å². The number of pyridine rings is 1. The molecular weight excluding hydrogens is 372 g/mol. The number of rotatable bonds is 3. The van der Waals surface area contributed by atoms with E-state index < -0.39 is 0 Å². The lowest BCUT2D eigenvalue weighted by atomic mass is 10.0. The van der Waals surface area contributed by atoms with Crippen molar-refractivity contribution in [2.45, 2.75) is 6.92 Å². The van der Waals surface area contributed by atoms with Gasteiger partial charge in [0.2, 0.25) is 0 Å². The van der Waals surface area contributed by atoms with Crippen LogP contribution in [0.2, 0.25) is 0 Å². The smallest absolute Gasteiger partial charge is 0.340 e. The van der Waals surface area contributed by atoms with Crippen molar-refractivity contribution in [3.8, 4) is 16.9 Å². The standard InChI is InChI=1S/C26H20N2O2/c1-17-22(26(29)30-2)23-20-15-9-10-16-21(20)27-24(18-11-5-3-6-12-18)25(23)28(17)19-13-7-4-8-14-19/h3-16H,1-2H3. The average Bonchev–Trinajstić information content (AvgIpc) is 3.12. The second-order valence-electron chi connectivity index (χ2n) is 7.19. The van der Waals surface area contributed by atoms with Gasteiger partial charge >= 0.3 is 5.97 Å². The van der Waals surface area contributed by atoms with Gasteiger partial charge in [-0.3, -0.25) is 0 Å². The number of hydrogen-bond donors (Lipinski definition) is 0. The first-order valence-electron chi connectivity index (χ1n) is 9.83. The maximum Gasteiger partial charge on any atom is 0.340 e. The summed E-state index contributed by atoms with van der Waals surface area (Å²) in [6.07, 6.45) is 0. The van der Waals surface area contributed by atoms with Gasteiger partial charge in [0, 0.05) is 27.7 Å². The van der Waals surface area contributed by atoms with Crippen LogP contribution in [0.3, 0.4) is 0 Å². The Morgan fingerprint density at radius 2 is 1.50 bits per heavy atom. The summed E-state index contributed by atoms with van der Waals surface area (Å²) in [6, 6.07) is 28.1. The molecule has 0 radical (unpaired) electrons. The third-order valence-electron chi connectivity index (χ3n) is 5.49. The molecule has 0 saturated carbocycles. The van der Waals surface area contributed by atoms with E-state index in [9.17, 15) is 4.79 Å². The number of methoxy groups -OCH3 is 1. The lowest BCUT2D eigenvalue weighted by molar-refractivity contribution is 0.0602. The number of aromatic nitrogens is 2. The summed E-state index contributed by atoms with van der Waals surface area (Å²) in [5, 5.41) is 1.80. The maximum absolute atomic E-state index is 12.9. The number of carbonyl (C=O) groups is 1. The molecule has 0 unspecified atom stereocenters. The van der Waals surface area contributed by atoms with Gasteiger partial charge in [0.15, 0.2) is 0 Å². The molecule has 0 saturated heterocycles. The largest absolute Gasteiger partial charge is 0.465 e. The first-order valence-corrected chi connectivity index (χ1v) is 9.83. The van der Waals surface area contributed by atoms with Crippen molar-refractivity contribution in [3.63, 3.8) is 0 Å². The molecule has 0 aliphatic heterocycles.